The summed E-state index contributed by atoms with van der Waals surface area (Å²) in [4.78, 5) is 9.66. The van der Waals surface area contributed by atoms with Crippen molar-refractivity contribution < 1.29 is 0 Å². The van der Waals surface area contributed by atoms with Gasteiger partial charge in [-0.1, -0.05) is 11.6 Å². The number of fused-ring (bicyclic) bond motifs is 1. The van der Waals surface area contributed by atoms with Gasteiger partial charge in [0.25, 0.3) is 0 Å². The van der Waals surface area contributed by atoms with Gasteiger partial charge in [0.2, 0.25) is 0 Å². The Morgan fingerprint density at radius 3 is 2.82 bits per heavy atom. The Morgan fingerprint density at radius 1 is 1.15 bits per heavy atom. The van der Waals surface area contributed by atoms with E-state index in [2.05, 4.69) is 25.7 Å². The van der Waals surface area contributed by atoms with Gasteiger partial charge in [0.05, 0.1) is 34.2 Å². The number of anilines is 2. The average Bonchev–Trinajstić information content (AvgIpc) is 3.19. The van der Waals surface area contributed by atoms with E-state index in [0.29, 0.717) is 52.6 Å². The maximum Gasteiger partial charge on any atom is 0.148 e. The Bertz CT molecular complexity index is 1490. The van der Waals surface area contributed by atoms with Gasteiger partial charge in [-0.3, -0.25) is 14.5 Å². The highest BCUT2D eigenvalue weighted by atomic mass is 35.5. The van der Waals surface area contributed by atoms with Gasteiger partial charge in [-0.2, -0.15) is 15.3 Å². The van der Waals surface area contributed by atoms with Crippen LogP contribution in [0.2, 0.25) is 5.02 Å². The summed E-state index contributed by atoms with van der Waals surface area (Å²) in [5.74, 6) is 1.23. The lowest BCUT2D eigenvalue weighted by atomic mass is 10.1. The molecule has 0 atom stereocenters. The highest BCUT2D eigenvalue weighted by Gasteiger charge is 2.24. The Labute approximate surface area is 200 Å². The van der Waals surface area contributed by atoms with Crippen molar-refractivity contribution in [2.45, 2.75) is 25.3 Å². The van der Waals surface area contributed by atoms with Gasteiger partial charge in [0, 0.05) is 49.4 Å². The number of H-pyrrole nitrogens is 1. The van der Waals surface area contributed by atoms with Gasteiger partial charge in [0.15, 0.2) is 0 Å². The fraction of sp³-hybridized carbons (Fsp3) is 0.261. The highest BCUT2D eigenvalue weighted by molar-refractivity contribution is 6.35. The number of hydrogen-bond acceptors (Lipinski definition) is 7. The molecular weight excluding hydrogens is 452 g/mol. The zero-order chi connectivity index (χ0) is 23.2. The number of aromatic amines is 1. The van der Waals surface area contributed by atoms with Crippen LogP contribution in [-0.4, -0.2) is 46.3 Å². The summed E-state index contributed by atoms with van der Waals surface area (Å²) in [6, 6.07) is 8.29. The fourth-order valence-corrected chi connectivity index (χ4v) is 4.29. The molecule has 1 aliphatic rings. The van der Waals surface area contributed by atoms with Gasteiger partial charge in [-0.15, -0.1) is 0 Å². The number of nitrogen functional groups attached to an aromatic ring is 1. The van der Waals surface area contributed by atoms with Crippen LogP contribution in [0.5, 0.6) is 0 Å². The third-order valence-electron chi connectivity index (χ3n) is 5.93. The lowest BCUT2D eigenvalue weighted by molar-refractivity contribution is 0.643. The van der Waals surface area contributed by atoms with Crippen LogP contribution in [0, 0.1) is 0 Å². The molecule has 0 spiro atoms. The molecule has 1 aromatic carbocycles. The zero-order valence-electron chi connectivity index (χ0n) is 18.5. The highest BCUT2D eigenvalue weighted by Crippen LogP contribution is 2.35. The Hall–Kier alpha value is -3.92. The van der Waals surface area contributed by atoms with Crippen molar-refractivity contribution in [1.82, 2.24) is 39.7 Å². The summed E-state index contributed by atoms with van der Waals surface area (Å²) in [6.45, 7) is 0.629. The normalized spacial score (nSPS) is 13.6. The van der Waals surface area contributed by atoms with E-state index in [1.165, 1.54) is 12.8 Å². The first-order valence-corrected chi connectivity index (χ1v) is 11.5. The summed E-state index contributed by atoms with van der Waals surface area (Å²) < 4.78 is 3.74. The quantitative estimate of drug-likeness (QED) is 0.327. The van der Waals surface area contributed by atoms with Crippen molar-refractivity contribution in [1.29, 1.82) is 0 Å². The lowest BCUT2D eigenvalue weighted by Crippen LogP contribution is -2.11. The zero-order valence-corrected chi connectivity index (χ0v) is 19.3. The second-order valence-corrected chi connectivity index (χ2v) is 8.92. The van der Waals surface area contributed by atoms with Crippen molar-refractivity contribution in [3.05, 3.63) is 53.6 Å². The smallest absolute Gasteiger partial charge is 0.148 e. The first-order valence-electron chi connectivity index (χ1n) is 11.1. The van der Waals surface area contributed by atoms with E-state index in [-0.39, 0.29) is 0 Å². The SMILES string of the molecule is Cn1ccc(-c2nc(N)c(CCNc3ccn(C4CC4)n3)nc2-c2cc(Cl)c3[nH]ncc3c2)n1. The number of aryl methyl sites for hydroxylation is 1. The van der Waals surface area contributed by atoms with Gasteiger partial charge < -0.3 is 11.1 Å². The number of rotatable bonds is 7. The molecule has 10 nitrogen and oxygen atoms in total. The minimum absolute atomic E-state index is 0.380. The number of nitrogens with two attached hydrogens (primary N) is 1. The topological polar surface area (TPSA) is 128 Å². The first-order chi connectivity index (χ1) is 16.5. The molecule has 0 bridgehead atoms. The molecule has 1 saturated carbocycles. The van der Waals surface area contributed by atoms with Crippen LogP contribution >= 0.6 is 11.6 Å². The third kappa shape index (κ3) is 3.86. The largest absolute Gasteiger partial charge is 0.382 e. The van der Waals surface area contributed by atoms with E-state index >= 15 is 0 Å². The second-order valence-electron chi connectivity index (χ2n) is 8.51. The van der Waals surface area contributed by atoms with E-state index < -0.39 is 0 Å². The molecule has 0 saturated heterocycles. The number of nitrogens with one attached hydrogen (secondary N) is 2. The molecule has 4 heterocycles. The molecule has 172 valence electrons. The monoisotopic (exact) mass is 474 g/mol. The summed E-state index contributed by atoms with van der Waals surface area (Å²) in [5.41, 5.74) is 10.6. The van der Waals surface area contributed by atoms with E-state index in [1.807, 2.05) is 48.4 Å². The van der Waals surface area contributed by atoms with Crippen molar-refractivity contribution in [3.8, 4) is 22.6 Å². The Kier molecular flexibility index (Phi) is 4.95. The average molecular weight is 475 g/mol. The van der Waals surface area contributed by atoms with E-state index in [0.717, 1.165) is 22.3 Å². The minimum atomic E-state index is 0.380. The number of benzene rings is 1. The van der Waals surface area contributed by atoms with E-state index in [4.69, 9.17) is 27.3 Å². The van der Waals surface area contributed by atoms with Gasteiger partial charge >= 0.3 is 0 Å². The summed E-state index contributed by atoms with van der Waals surface area (Å²) in [7, 11) is 1.86. The molecule has 4 aromatic heterocycles. The van der Waals surface area contributed by atoms with E-state index in [9.17, 15) is 0 Å². The molecule has 1 fully saturated rings. The van der Waals surface area contributed by atoms with Crippen LogP contribution in [0.3, 0.4) is 0 Å². The molecular formula is C23H23ClN10. The van der Waals surface area contributed by atoms with Crippen LogP contribution in [-0.2, 0) is 13.5 Å². The molecule has 34 heavy (non-hydrogen) atoms. The van der Waals surface area contributed by atoms with Crippen molar-refractivity contribution in [2.24, 2.45) is 7.05 Å². The first kappa shape index (κ1) is 20.7. The minimum Gasteiger partial charge on any atom is -0.382 e. The maximum absolute atomic E-state index is 6.52. The second kappa shape index (κ2) is 8.14. The van der Waals surface area contributed by atoms with Crippen molar-refractivity contribution in [2.75, 3.05) is 17.6 Å². The molecule has 6 rings (SSSR count). The summed E-state index contributed by atoms with van der Waals surface area (Å²) >= 11 is 6.52. The molecule has 0 aliphatic heterocycles. The molecule has 0 unspecified atom stereocenters. The molecule has 4 N–H and O–H groups in total. The number of hydrogen-bond donors (Lipinski definition) is 3. The number of halogens is 1. The van der Waals surface area contributed by atoms with Crippen LogP contribution in [0.1, 0.15) is 24.6 Å². The predicted octanol–water partition coefficient (Wildman–Crippen LogP) is 3.84. The van der Waals surface area contributed by atoms with Crippen LogP contribution in [0.25, 0.3) is 33.5 Å². The predicted molar refractivity (Wildman–Crippen MR) is 131 cm³/mol. The lowest BCUT2D eigenvalue weighted by Gasteiger charge is -2.13. The molecule has 0 radical (unpaired) electrons. The molecule has 1 aliphatic carbocycles. The molecule has 11 heteroatoms. The molecule has 5 aromatic rings. The van der Waals surface area contributed by atoms with Crippen LogP contribution in [0.4, 0.5) is 11.6 Å². The molecule has 0 amide bonds. The Morgan fingerprint density at radius 2 is 2.03 bits per heavy atom. The standard InChI is InChI=1S/C23H23ClN10/c1-33-8-5-17(31-33)22-21(13-10-14-12-27-30-20(14)16(24)11-13)28-18(23(25)29-22)4-7-26-19-6-9-34(32-19)15-2-3-15/h5-6,8-12,15H,2-4,7H2,1H3,(H2,25,29)(H,26,32)(H,27,30). The van der Waals surface area contributed by atoms with Crippen molar-refractivity contribution >= 4 is 34.1 Å². The maximum atomic E-state index is 6.52. The number of aromatic nitrogens is 8. The summed E-state index contributed by atoms with van der Waals surface area (Å²) in [6.07, 6.45) is 8.61. The van der Waals surface area contributed by atoms with Gasteiger partial charge in [0.1, 0.15) is 23.0 Å². The van der Waals surface area contributed by atoms with Crippen LogP contribution < -0.4 is 11.1 Å². The van der Waals surface area contributed by atoms with Gasteiger partial charge in [-0.25, -0.2) is 9.97 Å². The summed E-state index contributed by atoms with van der Waals surface area (Å²) in [5, 5.41) is 20.9. The van der Waals surface area contributed by atoms with Crippen molar-refractivity contribution in [3.63, 3.8) is 0 Å². The Balaban J connectivity index is 1.34. The van der Waals surface area contributed by atoms with Gasteiger partial charge in [-0.05, 0) is 31.0 Å². The van der Waals surface area contributed by atoms with Crippen LogP contribution in [0.15, 0.2) is 42.9 Å². The fourth-order valence-electron chi connectivity index (χ4n) is 4.02. The third-order valence-corrected chi connectivity index (χ3v) is 6.22. The number of nitrogens with zero attached hydrogens (tertiary/aromatic N) is 7. The van der Waals surface area contributed by atoms with E-state index in [1.54, 1.807) is 10.9 Å².